The van der Waals surface area contributed by atoms with E-state index in [-0.39, 0.29) is 24.0 Å². The van der Waals surface area contributed by atoms with Gasteiger partial charge in [0.25, 0.3) is 0 Å². The van der Waals surface area contributed by atoms with Crippen LogP contribution in [0.4, 0.5) is 0 Å². The highest BCUT2D eigenvalue weighted by Crippen LogP contribution is 2.10. The third-order valence-corrected chi connectivity index (χ3v) is 3.68. The first-order chi connectivity index (χ1) is 8.69. The molecule has 1 rings (SSSR count). The lowest BCUT2D eigenvalue weighted by atomic mass is 10.3. The Bertz CT molecular complexity index is 378. The van der Waals surface area contributed by atoms with Crippen molar-refractivity contribution in [1.82, 2.24) is 15.6 Å². The second-order valence-corrected chi connectivity index (χ2v) is 5.18. The van der Waals surface area contributed by atoms with E-state index in [1.54, 1.807) is 11.3 Å². The monoisotopic (exact) mass is 396 g/mol. The molecule has 1 unspecified atom stereocenters. The molecule has 4 nitrogen and oxygen atoms in total. The summed E-state index contributed by atoms with van der Waals surface area (Å²) in [5.74, 6) is 0.873. The molecule has 1 aromatic heterocycles. The maximum atomic E-state index is 4.56. The number of aliphatic imine (C=N–C) groups is 1. The van der Waals surface area contributed by atoms with Crippen LogP contribution in [0.5, 0.6) is 0 Å². The summed E-state index contributed by atoms with van der Waals surface area (Å²) >= 11 is 1.71. The van der Waals surface area contributed by atoms with Crippen molar-refractivity contribution in [2.24, 2.45) is 4.99 Å². The minimum absolute atomic E-state index is 0. The normalized spacial score (nSPS) is 12.7. The summed E-state index contributed by atoms with van der Waals surface area (Å²) in [7, 11) is 0. The summed E-state index contributed by atoms with van der Waals surface area (Å²) in [4.78, 5) is 9.07. The maximum absolute atomic E-state index is 4.56. The standard InChI is InChI=1S/C13H24N4S.HI/c1-5-10(4)16-13(14-7-3)15-8-11-9-18-12(6-2)17-11;/h9-10H,5-8H2,1-4H3,(H2,14,15,16);1H. The van der Waals surface area contributed by atoms with Gasteiger partial charge < -0.3 is 10.6 Å². The molecular weight excluding hydrogens is 371 g/mol. The first kappa shape index (κ1) is 18.6. The molecule has 6 heteroatoms. The fourth-order valence-corrected chi connectivity index (χ4v) is 2.14. The van der Waals surface area contributed by atoms with Gasteiger partial charge in [0.1, 0.15) is 0 Å². The summed E-state index contributed by atoms with van der Waals surface area (Å²) in [6, 6.07) is 0.435. The number of aryl methyl sites for hydroxylation is 1. The number of halogens is 1. The highest BCUT2D eigenvalue weighted by atomic mass is 127. The molecule has 0 bridgehead atoms. The van der Waals surface area contributed by atoms with Gasteiger partial charge in [-0.2, -0.15) is 0 Å². The fraction of sp³-hybridized carbons (Fsp3) is 0.692. The highest BCUT2D eigenvalue weighted by molar-refractivity contribution is 14.0. The van der Waals surface area contributed by atoms with Gasteiger partial charge in [-0.25, -0.2) is 9.98 Å². The summed E-state index contributed by atoms with van der Waals surface area (Å²) in [5.41, 5.74) is 1.05. The van der Waals surface area contributed by atoms with Gasteiger partial charge in [0.05, 0.1) is 17.2 Å². The van der Waals surface area contributed by atoms with Gasteiger partial charge in [-0.15, -0.1) is 35.3 Å². The Balaban J connectivity index is 0.00000324. The van der Waals surface area contributed by atoms with E-state index < -0.39 is 0 Å². The molecule has 19 heavy (non-hydrogen) atoms. The van der Waals surface area contributed by atoms with Crippen LogP contribution in [-0.2, 0) is 13.0 Å². The van der Waals surface area contributed by atoms with Crippen molar-refractivity contribution in [3.63, 3.8) is 0 Å². The lowest BCUT2D eigenvalue weighted by Gasteiger charge is -2.15. The molecule has 0 aliphatic heterocycles. The molecule has 0 amide bonds. The summed E-state index contributed by atoms with van der Waals surface area (Å²) in [6.45, 7) is 10.0. The molecule has 0 spiro atoms. The lowest BCUT2D eigenvalue weighted by molar-refractivity contribution is 0.624. The second-order valence-electron chi connectivity index (χ2n) is 4.23. The molecule has 1 aromatic rings. The zero-order valence-corrected chi connectivity index (χ0v) is 15.3. The van der Waals surface area contributed by atoms with E-state index in [2.05, 4.69) is 53.7 Å². The smallest absolute Gasteiger partial charge is 0.191 e. The number of guanidine groups is 1. The fourth-order valence-electron chi connectivity index (χ4n) is 1.40. The van der Waals surface area contributed by atoms with Crippen molar-refractivity contribution in [1.29, 1.82) is 0 Å². The molecular formula is C13H25IN4S. The van der Waals surface area contributed by atoms with Gasteiger partial charge in [-0.05, 0) is 26.7 Å². The first-order valence-corrected chi connectivity index (χ1v) is 7.55. The largest absolute Gasteiger partial charge is 0.357 e. The van der Waals surface area contributed by atoms with Crippen LogP contribution in [0.25, 0.3) is 0 Å². The van der Waals surface area contributed by atoms with E-state index in [1.165, 1.54) is 5.01 Å². The SMILES string of the molecule is CCNC(=NCc1csc(CC)n1)NC(C)CC.I. The van der Waals surface area contributed by atoms with Crippen LogP contribution in [0.3, 0.4) is 0 Å². The van der Waals surface area contributed by atoms with Crippen molar-refractivity contribution in [2.45, 2.75) is 53.1 Å². The van der Waals surface area contributed by atoms with Crippen molar-refractivity contribution in [3.05, 3.63) is 16.1 Å². The minimum Gasteiger partial charge on any atom is -0.357 e. The molecule has 110 valence electrons. The molecule has 0 saturated heterocycles. The highest BCUT2D eigenvalue weighted by Gasteiger charge is 2.03. The second kappa shape index (κ2) is 10.4. The van der Waals surface area contributed by atoms with Gasteiger partial charge in [0, 0.05) is 18.0 Å². The summed E-state index contributed by atoms with van der Waals surface area (Å²) in [6.07, 6.45) is 2.08. The van der Waals surface area contributed by atoms with E-state index in [4.69, 9.17) is 0 Å². The lowest BCUT2D eigenvalue weighted by Crippen LogP contribution is -2.41. The van der Waals surface area contributed by atoms with Crippen LogP contribution in [-0.4, -0.2) is 23.5 Å². The number of nitrogens with one attached hydrogen (secondary N) is 2. The average Bonchev–Trinajstić information content (AvgIpc) is 2.84. The maximum Gasteiger partial charge on any atom is 0.191 e. The number of rotatable bonds is 6. The van der Waals surface area contributed by atoms with Gasteiger partial charge in [-0.3, -0.25) is 0 Å². The molecule has 0 aliphatic carbocycles. The van der Waals surface area contributed by atoms with Gasteiger partial charge in [0.2, 0.25) is 0 Å². The Kier molecular flexibility index (Phi) is 10.2. The van der Waals surface area contributed by atoms with E-state index in [9.17, 15) is 0 Å². The minimum atomic E-state index is 0. The number of aromatic nitrogens is 1. The van der Waals surface area contributed by atoms with Crippen LogP contribution in [0, 0.1) is 0 Å². The number of nitrogens with zero attached hydrogens (tertiary/aromatic N) is 2. The topological polar surface area (TPSA) is 49.3 Å². The first-order valence-electron chi connectivity index (χ1n) is 6.67. The van der Waals surface area contributed by atoms with Crippen LogP contribution in [0.2, 0.25) is 0 Å². The Morgan fingerprint density at radius 2 is 2.16 bits per heavy atom. The molecule has 0 aliphatic rings. The Morgan fingerprint density at radius 1 is 1.42 bits per heavy atom. The molecule has 0 aromatic carbocycles. The van der Waals surface area contributed by atoms with Crippen molar-refractivity contribution in [3.8, 4) is 0 Å². The van der Waals surface area contributed by atoms with E-state index in [0.717, 1.165) is 31.0 Å². The number of thiazole rings is 1. The zero-order chi connectivity index (χ0) is 13.4. The van der Waals surface area contributed by atoms with E-state index in [0.29, 0.717) is 12.6 Å². The molecule has 0 radical (unpaired) electrons. The van der Waals surface area contributed by atoms with Crippen LogP contribution in [0.15, 0.2) is 10.4 Å². The van der Waals surface area contributed by atoms with Gasteiger partial charge in [-0.1, -0.05) is 13.8 Å². The third-order valence-electron chi connectivity index (χ3n) is 2.64. The summed E-state index contributed by atoms with van der Waals surface area (Å²) in [5, 5.41) is 9.90. The van der Waals surface area contributed by atoms with E-state index in [1.807, 2.05) is 0 Å². The predicted octanol–water partition coefficient (Wildman–Crippen LogP) is 3.18. The third kappa shape index (κ3) is 7.10. The zero-order valence-electron chi connectivity index (χ0n) is 12.2. The molecule has 0 fully saturated rings. The Hall–Kier alpha value is -0.370. The number of hydrogen-bond donors (Lipinski definition) is 2. The average molecular weight is 396 g/mol. The Morgan fingerprint density at radius 3 is 2.68 bits per heavy atom. The molecule has 2 N–H and O–H groups in total. The Labute approximate surface area is 137 Å². The quantitative estimate of drug-likeness (QED) is 0.441. The van der Waals surface area contributed by atoms with Gasteiger partial charge in [0.15, 0.2) is 5.96 Å². The van der Waals surface area contributed by atoms with Crippen LogP contribution < -0.4 is 10.6 Å². The molecule has 1 heterocycles. The predicted molar refractivity (Wildman–Crippen MR) is 94.6 cm³/mol. The molecule has 0 saturated carbocycles. The van der Waals surface area contributed by atoms with Crippen molar-refractivity contribution < 1.29 is 0 Å². The molecule has 1 atom stereocenters. The van der Waals surface area contributed by atoms with Crippen molar-refractivity contribution >= 4 is 41.3 Å². The van der Waals surface area contributed by atoms with Crippen molar-refractivity contribution in [2.75, 3.05) is 6.54 Å². The van der Waals surface area contributed by atoms with E-state index >= 15 is 0 Å². The summed E-state index contributed by atoms with van der Waals surface area (Å²) < 4.78 is 0. The van der Waals surface area contributed by atoms with Crippen LogP contribution >= 0.6 is 35.3 Å². The number of hydrogen-bond acceptors (Lipinski definition) is 3. The van der Waals surface area contributed by atoms with Gasteiger partial charge >= 0.3 is 0 Å². The van der Waals surface area contributed by atoms with Crippen LogP contribution in [0.1, 0.15) is 44.8 Å².